The third kappa shape index (κ3) is 5.73. The topological polar surface area (TPSA) is 60.0 Å². The molecule has 1 aromatic heterocycles. The molecule has 1 saturated heterocycles. The summed E-state index contributed by atoms with van der Waals surface area (Å²) in [7, 11) is 1.83. The minimum atomic E-state index is -0.0155. The smallest absolute Gasteiger partial charge is 0.251 e. The average Bonchev–Trinajstić information content (AvgIpc) is 3.30. The maximum absolute atomic E-state index is 12.2. The zero-order valence-corrected chi connectivity index (χ0v) is 18.3. The van der Waals surface area contributed by atoms with E-state index in [2.05, 4.69) is 49.9 Å². The van der Waals surface area contributed by atoms with Crippen LogP contribution in [0.5, 0.6) is 0 Å². The SMILES string of the molecule is CCC(C)NC(=O)c1ccc(CNC(=NC)N2CCN(c3cccs3)CC2)cc1. The fraction of sp³-hybridized carbons (Fsp3) is 0.455. The maximum Gasteiger partial charge on any atom is 0.251 e. The number of guanidine groups is 1. The first-order chi connectivity index (χ1) is 14.1. The summed E-state index contributed by atoms with van der Waals surface area (Å²) < 4.78 is 0. The Balaban J connectivity index is 1.49. The second kappa shape index (κ2) is 10.3. The van der Waals surface area contributed by atoms with Crippen molar-refractivity contribution in [1.29, 1.82) is 0 Å². The van der Waals surface area contributed by atoms with Crippen molar-refractivity contribution in [2.24, 2.45) is 4.99 Å². The molecule has 29 heavy (non-hydrogen) atoms. The molecule has 1 aliphatic rings. The molecule has 3 rings (SSSR count). The summed E-state index contributed by atoms with van der Waals surface area (Å²) in [6, 6.07) is 12.2. The molecule has 0 bridgehead atoms. The van der Waals surface area contributed by atoms with E-state index in [-0.39, 0.29) is 11.9 Å². The Morgan fingerprint density at radius 1 is 1.17 bits per heavy atom. The first kappa shape index (κ1) is 21.2. The number of piperazine rings is 1. The normalized spacial score (nSPS) is 15.9. The third-order valence-electron chi connectivity index (χ3n) is 5.27. The molecular formula is C22H31N5OS. The van der Waals surface area contributed by atoms with Crippen molar-refractivity contribution >= 4 is 28.2 Å². The molecule has 0 saturated carbocycles. The van der Waals surface area contributed by atoms with Crippen LogP contribution in [0.2, 0.25) is 0 Å². The lowest BCUT2D eigenvalue weighted by molar-refractivity contribution is 0.0939. The fourth-order valence-electron chi connectivity index (χ4n) is 3.29. The summed E-state index contributed by atoms with van der Waals surface area (Å²) >= 11 is 1.79. The predicted molar refractivity (Wildman–Crippen MR) is 122 cm³/mol. The zero-order chi connectivity index (χ0) is 20.6. The maximum atomic E-state index is 12.2. The average molecular weight is 414 g/mol. The molecule has 1 aromatic carbocycles. The molecule has 1 amide bonds. The van der Waals surface area contributed by atoms with Crippen LogP contribution in [-0.4, -0.2) is 56.0 Å². The van der Waals surface area contributed by atoms with E-state index in [0.717, 1.165) is 44.1 Å². The van der Waals surface area contributed by atoms with E-state index >= 15 is 0 Å². The molecule has 2 aromatic rings. The molecular weight excluding hydrogens is 382 g/mol. The lowest BCUT2D eigenvalue weighted by atomic mass is 10.1. The molecule has 1 aliphatic heterocycles. The Bertz CT molecular complexity index is 795. The molecule has 0 radical (unpaired) electrons. The van der Waals surface area contributed by atoms with Crippen LogP contribution in [0.15, 0.2) is 46.8 Å². The number of hydrogen-bond donors (Lipinski definition) is 2. The zero-order valence-electron chi connectivity index (χ0n) is 17.5. The Morgan fingerprint density at radius 3 is 2.48 bits per heavy atom. The van der Waals surface area contributed by atoms with Gasteiger partial charge < -0.3 is 20.4 Å². The van der Waals surface area contributed by atoms with Crippen molar-refractivity contribution in [2.45, 2.75) is 32.9 Å². The van der Waals surface area contributed by atoms with E-state index in [0.29, 0.717) is 12.1 Å². The molecule has 2 heterocycles. The van der Waals surface area contributed by atoms with Crippen LogP contribution in [0.3, 0.4) is 0 Å². The fourth-order valence-corrected chi connectivity index (χ4v) is 4.07. The highest BCUT2D eigenvalue weighted by Crippen LogP contribution is 2.22. The number of carbonyl (C=O) groups excluding carboxylic acids is 1. The largest absolute Gasteiger partial charge is 0.360 e. The molecule has 1 fully saturated rings. The number of anilines is 1. The highest BCUT2D eigenvalue weighted by Gasteiger charge is 2.20. The van der Waals surface area contributed by atoms with Crippen LogP contribution >= 0.6 is 11.3 Å². The van der Waals surface area contributed by atoms with E-state index in [9.17, 15) is 4.79 Å². The van der Waals surface area contributed by atoms with Gasteiger partial charge in [-0.1, -0.05) is 19.1 Å². The third-order valence-corrected chi connectivity index (χ3v) is 6.19. The van der Waals surface area contributed by atoms with E-state index in [4.69, 9.17) is 0 Å². The number of benzene rings is 1. The molecule has 1 atom stereocenters. The van der Waals surface area contributed by atoms with Gasteiger partial charge in [-0.2, -0.15) is 0 Å². The Kier molecular flexibility index (Phi) is 7.52. The first-order valence-corrected chi connectivity index (χ1v) is 11.1. The van der Waals surface area contributed by atoms with Gasteiger partial charge in [-0.15, -0.1) is 11.3 Å². The second-order valence-corrected chi connectivity index (χ2v) is 8.23. The lowest BCUT2D eigenvalue weighted by Crippen LogP contribution is -2.52. The number of rotatable bonds is 6. The van der Waals surface area contributed by atoms with Crippen LogP contribution in [0.1, 0.15) is 36.2 Å². The van der Waals surface area contributed by atoms with Crippen LogP contribution < -0.4 is 15.5 Å². The molecule has 2 N–H and O–H groups in total. The standard InChI is InChI=1S/C22H31N5OS/c1-4-17(2)25-21(28)19-9-7-18(8-10-19)16-24-22(23-3)27-13-11-26(12-14-27)20-6-5-15-29-20/h5-10,15,17H,4,11-14,16H2,1-3H3,(H,23,24)(H,25,28). The van der Waals surface area contributed by atoms with Gasteiger partial charge in [0.2, 0.25) is 0 Å². The van der Waals surface area contributed by atoms with Crippen molar-refractivity contribution in [2.75, 3.05) is 38.1 Å². The van der Waals surface area contributed by atoms with Gasteiger partial charge in [0, 0.05) is 51.4 Å². The summed E-state index contributed by atoms with van der Waals surface area (Å²) in [6.45, 7) is 8.67. The summed E-state index contributed by atoms with van der Waals surface area (Å²) in [6.07, 6.45) is 0.925. The first-order valence-electron chi connectivity index (χ1n) is 10.2. The van der Waals surface area contributed by atoms with Crippen molar-refractivity contribution < 1.29 is 4.79 Å². The van der Waals surface area contributed by atoms with E-state index < -0.39 is 0 Å². The number of carbonyl (C=O) groups is 1. The number of nitrogens with zero attached hydrogens (tertiary/aromatic N) is 3. The highest BCUT2D eigenvalue weighted by atomic mass is 32.1. The quantitative estimate of drug-likeness (QED) is 0.564. The number of amides is 1. The Labute approximate surface area is 177 Å². The molecule has 1 unspecified atom stereocenters. The number of aliphatic imine (C=N–C) groups is 1. The van der Waals surface area contributed by atoms with Gasteiger partial charge in [0.1, 0.15) is 0 Å². The Morgan fingerprint density at radius 2 is 1.90 bits per heavy atom. The van der Waals surface area contributed by atoms with E-state index in [1.165, 1.54) is 5.00 Å². The lowest BCUT2D eigenvalue weighted by Gasteiger charge is -2.37. The van der Waals surface area contributed by atoms with Crippen LogP contribution in [-0.2, 0) is 6.54 Å². The predicted octanol–water partition coefficient (Wildman–Crippen LogP) is 3.17. The molecule has 6 nitrogen and oxygen atoms in total. The van der Waals surface area contributed by atoms with Gasteiger partial charge in [-0.3, -0.25) is 9.79 Å². The minimum absolute atomic E-state index is 0.0155. The highest BCUT2D eigenvalue weighted by molar-refractivity contribution is 7.14. The summed E-state index contributed by atoms with van der Waals surface area (Å²) in [4.78, 5) is 21.4. The van der Waals surface area contributed by atoms with Crippen molar-refractivity contribution in [3.05, 3.63) is 52.9 Å². The number of thiophene rings is 1. The Hall–Kier alpha value is -2.54. The van der Waals surface area contributed by atoms with Gasteiger partial charge in [0.15, 0.2) is 5.96 Å². The molecule has 156 valence electrons. The molecule has 7 heteroatoms. The van der Waals surface area contributed by atoms with Gasteiger partial charge in [0.25, 0.3) is 5.91 Å². The minimum Gasteiger partial charge on any atom is -0.360 e. The second-order valence-electron chi connectivity index (χ2n) is 7.31. The van der Waals surface area contributed by atoms with Gasteiger partial charge >= 0.3 is 0 Å². The summed E-state index contributed by atoms with van der Waals surface area (Å²) in [5, 5.41) is 9.92. The summed E-state index contributed by atoms with van der Waals surface area (Å²) in [5.41, 5.74) is 1.83. The number of hydrogen-bond acceptors (Lipinski definition) is 4. The van der Waals surface area contributed by atoms with Crippen LogP contribution in [0, 0.1) is 0 Å². The number of nitrogens with one attached hydrogen (secondary N) is 2. The molecule has 0 spiro atoms. The summed E-state index contributed by atoms with van der Waals surface area (Å²) in [5.74, 6) is 0.910. The van der Waals surface area contributed by atoms with Crippen molar-refractivity contribution in [1.82, 2.24) is 15.5 Å². The van der Waals surface area contributed by atoms with E-state index in [1.54, 1.807) is 11.3 Å². The van der Waals surface area contributed by atoms with Gasteiger partial charge in [-0.25, -0.2) is 0 Å². The van der Waals surface area contributed by atoms with Crippen LogP contribution in [0.4, 0.5) is 5.00 Å². The van der Waals surface area contributed by atoms with Gasteiger partial charge in [-0.05, 0) is 48.6 Å². The van der Waals surface area contributed by atoms with Crippen LogP contribution in [0.25, 0.3) is 0 Å². The molecule has 0 aliphatic carbocycles. The van der Waals surface area contributed by atoms with Crippen molar-refractivity contribution in [3.8, 4) is 0 Å². The van der Waals surface area contributed by atoms with Crippen molar-refractivity contribution in [3.63, 3.8) is 0 Å². The monoisotopic (exact) mass is 413 g/mol. The van der Waals surface area contributed by atoms with Gasteiger partial charge in [0.05, 0.1) is 5.00 Å². The van der Waals surface area contributed by atoms with E-state index in [1.807, 2.05) is 38.2 Å².